The number of carbonyl (C=O) groups is 1. The number of hydrogen-bond acceptors (Lipinski definition) is 3. The van der Waals surface area contributed by atoms with Crippen molar-refractivity contribution in [2.24, 2.45) is 0 Å². The molecule has 110 valence electrons. The van der Waals surface area contributed by atoms with Crippen molar-refractivity contribution in [1.82, 2.24) is 15.1 Å². The maximum absolute atomic E-state index is 12.3. The second-order valence-electron chi connectivity index (χ2n) is 5.54. The van der Waals surface area contributed by atoms with Crippen LogP contribution in [0.3, 0.4) is 0 Å². The minimum atomic E-state index is -0.0953. The van der Waals surface area contributed by atoms with Crippen LogP contribution in [-0.4, -0.2) is 61.5 Å². The van der Waals surface area contributed by atoms with E-state index in [4.69, 9.17) is 0 Å². The lowest BCUT2D eigenvalue weighted by molar-refractivity contribution is -0.134. The maximum atomic E-state index is 12.3. The van der Waals surface area contributed by atoms with Gasteiger partial charge in [0.25, 0.3) is 0 Å². The Bertz CT molecular complexity index is 413. The average Bonchev–Trinajstić information content (AvgIpc) is 2.48. The summed E-state index contributed by atoms with van der Waals surface area (Å²) in [5.41, 5.74) is 1.30. The molecule has 4 nitrogen and oxygen atoms in total. The Morgan fingerprint density at radius 1 is 1.20 bits per heavy atom. The van der Waals surface area contributed by atoms with Crippen LogP contribution in [0.25, 0.3) is 0 Å². The first kappa shape index (κ1) is 15.0. The van der Waals surface area contributed by atoms with Crippen molar-refractivity contribution >= 4 is 5.91 Å². The highest BCUT2D eigenvalue weighted by Crippen LogP contribution is 2.03. The van der Waals surface area contributed by atoms with Crippen LogP contribution in [0, 0.1) is 0 Å². The summed E-state index contributed by atoms with van der Waals surface area (Å²) in [7, 11) is 2.10. The zero-order chi connectivity index (χ0) is 14.4. The summed E-state index contributed by atoms with van der Waals surface area (Å²) < 4.78 is 0. The molecule has 1 aliphatic rings. The number of piperazine rings is 1. The predicted octanol–water partition coefficient (Wildman–Crippen LogP) is 0.981. The lowest BCUT2D eigenvalue weighted by atomic mass is 10.1. The summed E-state index contributed by atoms with van der Waals surface area (Å²) >= 11 is 0. The summed E-state index contributed by atoms with van der Waals surface area (Å²) in [4.78, 5) is 16.5. The molecule has 1 atom stereocenters. The first-order valence-corrected chi connectivity index (χ1v) is 7.41. The number of amides is 1. The van der Waals surface area contributed by atoms with E-state index in [1.54, 1.807) is 0 Å². The van der Waals surface area contributed by atoms with Gasteiger partial charge in [-0.3, -0.25) is 4.79 Å². The van der Waals surface area contributed by atoms with Crippen LogP contribution < -0.4 is 5.32 Å². The van der Waals surface area contributed by atoms with E-state index < -0.39 is 0 Å². The van der Waals surface area contributed by atoms with E-state index in [1.165, 1.54) is 5.56 Å². The van der Waals surface area contributed by atoms with Crippen molar-refractivity contribution in [2.45, 2.75) is 19.4 Å². The summed E-state index contributed by atoms with van der Waals surface area (Å²) in [5.74, 6) is 0.228. The van der Waals surface area contributed by atoms with Crippen LogP contribution in [0.5, 0.6) is 0 Å². The molecule has 1 aromatic rings. The molecule has 0 bridgehead atoms. The summed E-state index contributed by atoms with van der Waals surface area (Å²) in [6.45, 7) is 6.45. The highest BCUT2D eigenvalue weighted by Gasteiger charge is 2.22. The zero-order valence-electron chi connectivity index (χ0n) is 12.5. The van der Waals surface area contributed by atoms with E-state index in [0.29, 0.717) is 0 Å². The topological polar surface area (TPSA) is 35.6 Å². The van der Waals surface area contributed by atoms with E-state index >= 15 is 0 Å². The number of nitrogens with one attached hydrogen (secondary N) is 1. The number of rotatable bonds is 5. The highest BCUT2D eigenvalue weighted by atomic mass is 16.2. The van der Waals surface area contributed by atoms with Crippen molar-refractivity contribution < 1.29 is 4.79 Å². The molecule has 1 heterocycles. The Morgan fingerprint density at radius 2 is 1.85 bits per heavy atom. The molecular weight excluding hydrogens is 250 g/mol. The maximum Gasteiger partial charge on any atom is 0.239 e. The lowest BCUT2D eigenvalue weighted by Gasteiger charge is -2.34. The van der Waals surface area contributed by atoms with Crippen molar-refractivity contribution in [1.29, 1.82) is 0 Å². The van der Waals surface area contributed by atoms with E-state index in [-0.39, 0.29) is 11.9 Å². The van der Waals surface area contributed by atoms with Gasteiger partial charge in [-0.05, 0) is 32.5 Å². The molecular formula is C16H25N3O. The Morgan fingerprint density at radius 3 is 2.50 bits per heavy atom. The fraction of sp³-hybridized carbons (Fsp3) is 0.562. The van der Waals surface area contributed by atoms with Gasteiger partial charge in [-0.25, -0.2) is 0 Å². The monoisotopic (exact) mass is 275 g/mol. The van der Waals surface area contributed by atoms with Crippen LogP contribution in [0.1, 0.15) is 12.5 Å². The minimum absolute atomic E-state index is 0.0953. The second kappa shape index (κ2) is 7.41. The van der Waals surface area contributed by atoms with Gasteiger partial charge in [-0.1, -0.05) is 30.3 Å². The van der Waals surface area contributed by atoms with Gasteiger partial charge in [0.15, 0.2) is 0 Å². The van der Waals surface area contributed by atoms with Crippen LogP contribution in [-0.2, 0) is 11.2 Å². The smallest absolute Gasteiger partial charge is 0.239 e. The fourth-order valence-corrected chi connectivity index (χ4v) is 2.47. The van der Waals surface area contributed by atoms with E-state index in [1.807, 2.05) is 30.0 Å². The van der Waals surface area contributed by atoms with Gasteiger partial charge in [-0.15, -0.1) is 0 Å². The van der Waals surface area contributed by atoms with Gasteiger partial charge in [0, 0.05) is 26.2 Å². The number of carbonyl (C=O) groups excluding carboxylic acids is 1. The Kier molecular flexibility index (Phi) is 5.56. The van der Waals surface area contributed by atoms with Crippen molar-refractivity contribution in [3.8, 4) is 0 Å². The molecule has 0 radical (unpaired) electrons. The number of hydrogen-bond donors (Lipinski definition) is 1. The third-order valence-electron chi connectivity index (χ3n) is 3.89. The largest absolute Gasteiger partial charge is 0.339 e. The van der Waals surface area contributed by atoms with Crippen molar-refractivity contribution in [3.63, 3.8) is 0 Å². The summed E-state index contributed by atoms with van der Waals surface area (Å²) in [6.07, 6.45) is 0.960. The summed E-state index contributed by atoms with van der Waals surface area (Å²) in [5, 5.41) is 3.33. The quantitative estimate of drug-likeness (QED) is 0.870. The third-order valence-corrected chi connectivity index (χ3v) is 3.89. The van der Waals surface area contributed by atoms with Gasteiger partial charge >= 0.3 is 0 Å². The first-order chi connectivity index (χ1) is 9.66. The van der Waals surface area contributed by atoms with Gasteiger partial charge in [0.1, 0.15) is 0 Å². The van der Waals surface area contributed by atoms with Crippen molar-refractivity contribution in [3.05, 3.63) is 35.9 Å². The standard InChI is InChI=1S/C16H25N3O/c1-14(16(20)19-12-10-18(2)11-13-19)17-9-8-15-6-4-3-5-7-15/h3-7,14,17H,8-13H2,1-2H3/t14-/m0/s1. The van der Waals surface area contributed by atoms with Crippen molar-refractivity contribution in [2.75, 3.05) is 39.8 Å². The Hall–Kier alpha value is -1.39. The normalized spacial score (nSPS) is 18.0. The SMILES string of the molecule is C[C@H](NCCc1ccccc1)C(=O)N1CCN(C)CC1. The molecule has 0 unspecified atom stereocenters. The number of likely N-dealkylation sites (N-methyl/N-ethyl adjacent to an activating group) is 1. The van der Waals surface area contributed by atoms with Crippen LogP contribution >= 0.6 is 0 Å². The Labute approximate surface area is 121 Å². The second-order valence-corrected chi connectivity index (χ2v) is 5.54. The molecule has 0 aliphatic carbocycles. The minimum Gasteiger partial charge on any atom is -0.339 e. The molecule has 1 saturated heterocycles. The molecule has 0 spiro atoms. The molecule has 1 aliphatic heterocycles. The molecule has 0 aromatic heterocycles. The van der Waals surface area contributed by atoms with Gasteiger partial charge < -0.3 is 15.1 Å². The van der Waals surface area contributed by atoms with Crippen LogP contribution in [0.2, 0.25) is 0 Å². The zero-order valence-corrected chi connectivity index (χ0v) is 12.5. The highest BCUT2D eigenvalue weighted by molar-refractivity contribution is 5.81. The van der Waals surface area contributed by atoms with E-state index in [2.05, 4.69) is 29.4 Å². The number of benzene rings is 1. The van der Waals surface area contributed by atoms with Gasteiger partial charge in [-0.2, -0.15) is 0 Å². The van der Waals surface area contributed by atoms with Gasteiger partial charge in [0.05, 0.1) is 6.04 Å². The van der Waals surface area contributed by atoms with E-state index in [9.17, 15) is 4.79 Å². The lowest BCUT2D eigenvalue weighted by Crippen LogP contribution is -2.52. The average molecular weight is 275 g/mol. The predicted molar refractivity (Wildman–Crippen MR) is 81.7 cm³/mol. The van der Waals surface area contributed by atoms with Crippen LogP contribution in [0.4, 0.5) is 0 Å². The fourth-order valence-electron chi connectivity index (χ4n) is 2.47. The van der Waals surface area contributed by atoms with E-state index in [0.717, 1.165) is 39.1 Å². The molecule has 4 heteroatoms. The molecule has 2 rings (SSSR count). The number of nitrogens with zero attached hydrogens (tertiary/aromatic N) is 2. The first-order valence-electron chi connectivity index (χ1n) is 7.41. The molecule has 1 amide bonds. The molecule has 20 heavy (non-hydrogen) atoms. The van der Waals surface area contributed by atoms with Crippen LogP contribution in [0.15, 0.2) is 30.3 Å². The third kappa shape index (κ3) is 4.32. The molecule has 0 saturated carbocycles. The molecule has 1 aromatic carbocycles. The Balaban J connectivity index is 1.71. The molecule has 1 fully saturated rings. The summed E-state index contributed by atoms with van der Waals surface area (Å²) in [6, 6.07) is 10.3. The molecule has 1 N–H and O–H groups in total. The van der Waals surface area contributed by atoms with Gasteiger partial charge in [0.2, 0.25) is 5.91 Å².